The number of benzene rings is 1. The Labute approximate surface area is 121 Å². The highest BCUT2D eigenvalue weighted by atomic mass is 35.5. The van der Waals surface area contributed by atoms with Gasteiger partial charge < -0.3 is 4.74 Å². The molecule has 0 spiro atoms. The molecule has 0 saturated carbocycles. The molecule has 1 aromatic carbocycles. The molecule has 1 aliphatic heterocycles. The lowest BCUT2D eigenvalue weighted by molar-refractivity contribution is 0.0859. The second-order valence-electron chi connectivity index (χ2n) is 4.34. The molecule has 18 heavy (non-hydrogen) atoms. The lowest BCUT2D eigenvalue weighted by atomic mass is 10.0. The molecule has 1 saturated heterocycles. The summed E-state index contributed by atoms with van der Waals surface area (Å²) < 4.78 is 5.48. The van der Waals surface area contributed by atoms with Crippen LogP contribution in [0.3, 0.4) is 0 Å². The summed E-state index contributed by atoms with van der Waals surface area (Å²) in [7, 11) is 0. The molecule has 0 amide bonds. The van der Waals surface area contributed by atoms with Gasteiger partial charge in [-0.15, -0.1) is 0 Å². The molecule has 1 atom stereocenters. The van der Waals surface area contributed by atoms with E-state index >= 15 is 0 Å². The van der Waals surface area contributed by atoms with Crippen LogP contribution in [0.2, 0.25) is 15.1 Å². The van der Waals surface area contributed by atoms with Gasteiger partial charge in [0.1, 0.15) is 0 Å². The van der Waals surface area contributed by atoms with E-state index < -0.39 is 0 Å². The minimum absolute atomic E-state index is 0.0582. The summed E-state index contributed by atoms with van der Waals surface area (Å²) in [4.78, 5) is 12.1. The molecule has 0 bridgehead atoms. The van der Waals surface area contributed by atoms with Crippen molar-refractivity contribution in [2.45, 2.75) is 31.8 Å². The van der Waals surface area contributed by atoms with Crippen LogP contribution in [0.1, 0.15) is 36.0 Å². The van der Waals surface area contributed by atoms with Crippen molar-refractivity contribution in [1.82, 2.24) is 0 Å². The zero-order valence-electron chi connectivity index (χ0n) is 9.72. The first-order valence-electron chi connectivity index (χ1n) is 5.87. The third-order valence-electron chi connectivity index (χ3n) is 3.00. The number of rotatable bonds is 4. The van der Waals surface area contributed by atoms with Gasteiger partial charge in [0.15, 0.2) is 5.78 Å². The van der Waals surface area contributed by atoms with Crippen LogP contribution in [-0.2, 0) is 4.74 Å². The number of Topliss-reactive ketones (excluding diaryl/α,β-unsaturated/α-hetero) is 1. The van der Waals surface area contributed by atoms with E-state index in [-0.39, 0.29) is 11.9 Å². The second kappa shape index (κ2) is 6.25. The summed E-state index contributed by atoms with van der Waals surface area (Å²) in [6, 6.07) is 3.07. The standard InChI is InChI=1S/C13H13Cl3O2/c14-8-6-10(15)13(11(16)7-8)12(17)4-3-9-2-1-5-18-9/h6-7,9H,1-5H2. The van der Waals surface area contributed by atoms with Gasteiger partial charge in [-0.1, -0.05) is 34.8 Å². The minimum atomic E-state index is -0.0582. The number of hydrogen-bond donors (Lipinski definition) is 0. The smallest absolute Gasteiger partial charge is 0.165 e. The van der Waals surface area contributed by atoms with Crippen LogP contribution in [0.4, 0.5) is 0 Å². The highest BCUT2D eigenvalue weighted by molar-refractivity contribution is 6.42. The van der Waals surface area contributed by atoms with E-state index in [1.807, 2.05) is 0 Å². The van der Waals surface area contributed by atoms with Gasteiger partial charge in [0.2, 0.25) is 0 Å². The lowest BCUT2D eigenvalue weighted by Gasteiger charge is -2.10. The van der Waals surface area contributed by atoms with E-state index in [4.69, 9.17) is 39.5 Å². The quantitative estimate of drug-likeness (QED) is 0.748. The summed E-state index contributed by atoms with van der Waals surface area (Å²) >= 11 is 17.8. The van der Waals surface area contributed by atoms with E-state index in [9.17, 15) is 4.79 Å². The molecular weight excluding hydrogens is 294 g/mol. The average Bonchev–Trinajstić information content (AvgIpc) is 2.77. The van der Waals surface area contributed by atoms with Gasteiger partial charge in [-0.05, 0) is 31.4 Å². The number of ketones is 1. The highest BCUT2D eigenvalue weighted by Crippen LogP contribution is 2.30. The maximum absolute atomic E-state index is 12.1. The molecule has 1 fully saturated rings. The van der Waals surface area contributed by atoms with Crippen LogP contribution in [0.5, 0.6) is 0 Å². The normalized spacial score (nSPS) is 19.2. The van der Waals surface area contributed by atoms with Gasteiger partial charge in [-0.3, -0.25) is 4.79 Å². The van der Waals surface area contributed by atoms with Crippen LogP contribution in [-0.4, -0.2) is 18.5 Å². The van der Waals surface area contributed by atoms with Crippen LogP contribution in [0.15, 0.2) is 12.1 Å². The van der Waals surface area contributed by atoms with Crippen LogP contribution in [0, 0.1) is 0 Å². The number of carbonyl (C=O) groups is 1. The van der Waals surface area contributed by atoms with Gasteiger partial charge in [0, 0.05) is 18.1 Å². The monoisotopic (exact) mass is 306 g/mol. The Kier molecular flexibility index (Phi) is 4.91. The largest absolute Gasteiger partial charge is 0.378 e. The van der Waals surface area contributed by atoms with Gasteiger partial charge >= 0.3 is 0 Å². The van der Waals surface area contributed by atoms with Gasteiger partial charge in [0.25, 0.3) is 0 Å². The molecule has 0 radical (unpaired) electrons. The number of ether oxygens (including phenoxy) is 1. The van der Waals surface area contributed by atoms with E-state index in [0.717, 1.165) is 19.4 Å². The van der Waals surface area contributed by atoms with Crippen LogP contribution < -0.4 is 0 Å². The van der Waals surface area contributed by atoms with Gasteiger partial charge in [-0.2, -0.15) is 0 Å². The van der Waals surface area contributed by atoms with E-state index in [1.165, 1.54) is 12.1 Å². The molecule has 2 nitrogen and oxygen atoms in total. The van der Waals surface area contributed by atoms with Crippen molar-refractivity contribution >= 4 is 40.6 Å². The fourth-order valence-electron chi connectivity index (χ4n) is 2.10. The minimum Gasteiger partial charge on any atom is -0.378 e. The molecule has 1 heterocycles. The van der Waals surface area contributed by atoms with Crippen LogP contribution in [0.25, 0.3) is 0 Å². The first kappa shape index (κ1) is 14.1. The van der Waals surface area contributed by atoms with E-state index in [2.05, 4.69) is 0 Å². The Hall–Kier alpha value is -0.280. The maximum Gasteiger partial charge on any atom is 0.165 e. The van der Waals surface area contributed by atoms with Crippen molar-refractivity contribution in [1.29, 1.82) is 0 Å². The maximum atomic E-state index is 12.1. The zero-order valence-corrected chi connectivity index (χ0v) is 12.0. The predicted octanol–water partition coefficient (Wildman–Crippen LogP) is 4.79. The molecule has 2 rings (SSSR count). The van der Waals surface area contributed by atoms with Crippen molar-refractivity contribution in [3.63, 3.8) is 0 Å². The Morgan fingerprint density at radius 1 is 1.28 bits per heavy atom. The summed E-state index contributed by atoms with van der Waals surface area (Å²) in [5, 5.41) is 1.05. The zero-order chi connectivity index (χ0) is 13.1. The molecule has 0 N–H and O–H groups in total. The fourth-order valence-corrected chi connectivity index (χ4v) is 3.13. The molecule has 0 aliphatic carbocycles. The van der Waals surface area contributed by atoms with Crippen molar-refractivity contribution in [2.75, 3.05) is 6.61 Å². The topological polar surface area (TPSA) is 26.3 Å². The van der Waals surface area contributed by atoms with Gasteiger partial charge in [-0.25, -0.2) is 0 Å². The Morgan fingerprint density at radius 3 is 2.50 bits per heavy atom. The molecule has 98 valence electrons. The number of hydrogen-bond acceptors (Lipinski definition) is 2. The Morgan fingerprint density at radius 2 is 1.94 bits per heavy atom. The first-order valence-corrected chi connectivity index (χ1v) is 7.00. The van der Waals surface area contributed by atoms with Crippen molar-refractivity contribution < 1.29 is 9.53 Å². The van der Waals surface area contributed by atoms with Gasteiger partial charge in [0.05, 0.1) is 21.7 Å². The Bertz CT molecular complexity index is 431. The second-order valence-corrected chi connectivity index (χ2v) is 5.59. The SMILES string of the molecule is O=C(CCC1CCCO1)c1c(Cl)cc(Cl)cc1Cl. The third kappa shape index (κ3) is 3.39. The molecule has 1 aromatic rings. The number of carbonyl (C=O) groups excluding carboxylic acids is 1. The molecule has 5 heteroatoms. The summed E-state index contributed by atoms with van der Waals surface area (Å²) in [6.45, 7) is 0.793. The number of halogens is 3. The summed E-state index contributed by atoms with van der Waals surface area (Å²) in [5.74, 6) is -0.0582. The van der Waals surface area contributed by atoms with Crippen molar-refractivity contribution in [3.8, 4) is 0 Å². The summed E-state index contributed by atoms with van der Waals surface area (Å²) in [5.41, 5.74) is 0.362. The first-order chi connectivity index (χ1) is 8.58. The average molecular weight is 308 g/mol. The highest BCUT2D eigenvalue weighted by Gasteiger charge is 2.20. The van der Waals surface area contributed by atoms with Crippen LogP contribution >= 0.6 is 34.8 Å². The van der Waals surface area contributed by atoms with Crippen molar-refractivity contribution in [3.05, 3.63) is 32.8 Å². The summed E-state index contributed by atoms with van der Waals surface area (Å²) in [6.07, 6.45) is 3.40. The van der Waals surface area contributed by atoms with E-state index in [1.54, 1.807) is 0 Å². The molecular formula is C13H13Cl3O2. The molecule has 1 unspecified atom stereocenters. The predicted molar refractivity (Wildman–Crippen MR) is 74.0 cm³/mol. The van der Waals surface area contributed by atoms with Crippen molar-refractivity contribution in [2.24, 2.45) is 0 Å². The Balaban J connectivity index is 2.04. The molecule has 1 aliphatic rings. The van der Waals surface area contributed by atoms with E-state index in [0.29, 0.717) is 33.5 Å². The lowest BCUT2D eigenvalue weighted by Crippen LogP contribution is -2.09. The molecule has 0 aromatic heterocycles. The fraction of sp³-hybridized carbons (Fsp3) is 0.462. The third-order valence-corrected chi connectivity index (χ3v) is 3.82.